The maximum absolute atomic E-state index is 11.3. The van der Waals surface area contributed by atoms with Crippen LogP contribution in [0.1, 0.15) is 26.7 Å². The summed E-state index contributed by atoms with van der Waals surface area (Å²) >= 11 is 0. The lowest BCUT2D eigenvalue weighted by Gasteiger charge is -2.06. The molecule has 0 aromatic carbocycles. The second kappa shape index (κ2) is 7.75. The van der Waals surface area contributed by atoms with Gasteiger partial charge in [-0.1, -0.05) is 6.92 Å². The number of hydrogen-bond acceptors (Lipinski definition) is 4. The molecule has 0 radical (unpaired) electrons. The van der Waals surface area contributed by atoms with Crippen LogP contribution in [0.5, 0.6) is 0 Å². The number of hydrogen-bond donors (Lipinski definition) is 0. The number of ketones is 4. The first-order valence-corrected chi connectivity index (χ1v) is 4.97. The van der Waals surface area contributed by atoms with Crippen LogP contribution in [0.15, 0.2) is 0 Å². The number of rotatable bonds is 4. The van der Waals surface area contributed by atoms with Gasteiger partial charge in [-0.15, -0.1) is 0 Å². The highest BCUT2D eigenvalue weighted by Gasteiger charge is 2.46. The summed E-state index contributed by atoms with van der Waals surface area (Å²) in [5.41, 5.74) is 0. The molecule has 0 bridgehead atoms. The normalized spacial score (nSPS) is 11.2. The van der Waals surface area contributed by atoms with Gasteiger partial charge < -0.3 is 0 Å². The summed E-state index contributed by atoms with van der Waals surface area (Å²) in [6.45, 7) is 2.95. The minimum atomic E-state index is -5.40. The van der Waals surface area contributed by atoms with Crippen molar-refractivity contribution in [2.45, 2.75) is 39.0 Å². The van der Waals surface area contributed by atoms with Gasteiger partial charge in [-0.05, 0) is 0 Å². The molecule has 0 fully saturated rings. The molecule has 0 saturated heterocycles. The molecule has 0 N–H and O–H groups in total. The number of carbonyl (C=O) groups excluding carboxylic acids is 4. The van der Waals surface area contributed by atoms with Gasteiger partial charge in [0.25, 0.3) is 0 Å². The fraction of sp³-hybridized carbons (Fsp3) is 0.600. The quantitative estimate of drug-likeness (QED) is 0.453. The van der Waals surface area contributed by atoms with Crippen LogP contribution in [0.25, 0.3) is 0 Å². The molecule has 0 spiro atoms. The summed E-state index contributed by atoms with van der Waals surface area (Å²) in [5, 5.41) is 0. The van der Waals surface area contributed by atoms with E-state index in [9.17, 15) is 45.5 Å². The Labute approximate surface area is 109 Å². The van der Waals surface area contributed by atoms with E-state index in [1.807, 2.05) is 0 Å². The molecule has 0 aromatic rings. The molecule has 0 heterocycles. The molecule has 116 valence electrons. The van der Waals surface area contributed by atoms with Crippen LogP contribution < -0.4 is 0 Å². The van der Waals surface area contributed by atoms with Gasteiger partial charge in [0.15, 0.2) is 11.6 Å². The third-order valence-electron chi connectivity index (χ3n) is 1.67. The van der Waals surface area contributed by atoms with Crippen LogP contribution in [-0.2, 0) is 19.2 Å². The Hall–Kier alpha value is -1.74. The lowest BCUT2D eigenvalue weighted by atomic mass is 10.2. The zero-order valence-corrected chi connectivity index (χ0v) is 10.3. The fourth-order valence-corrected chi connectivity index (χ4v) is 0.595. The first-order chi connectivity index (χ1) is 8.73. The zero-order chi connectivity index (χ0) is 16.7. The van der Waals surface area contributed by atoms with E-state index in [0.717, 1.165) is 0 Å². The zero-order valence-electron chi connectivity index (χ0n) is 10.3. The average Bonchev–Trinajstić information content (AvgIpc) is 2.25. The van der Waals surface area contributed by atoms with Gasteiger partial charge in [-0.3, -0.25) is 19.2 Å². The Morgan fingerprint density at radius 3 is 1.20 bits per heavy atom. The van der Waals surface area contributed by atoms with Gasteiger partial charge >= 0.3 is 12.4 Å². The molecule has 20 heavy (non-hydrogen) atoms. The third-order valence-corrected chi connectivity index (χ3v) is 1.67. The smallest absolute Gasteiger partial charge is 0.291 e. The highest BCUT2D eigenvalue weighted by Crippen LogP contribution is 2.23. The second-order valence-corrected chi connectivity index (χ2v) is 3.35. The molecule has 10 heteroatoms. The molecule has 0 saturated carbocycles. The SMILES string of the molecule is CCC(=O)C(C)=O.O=C(CC(=O)C(F)(F)F)C(F)(F)F. The molecular formula is C10H10F6O4. The molecule has 0 aromatic heterocycles. The van der Waals surface area contributed by atoms with Crippen LogP contribution in [0, 0.1) is 0 Å². The lowest BCUT2D eigenvalue weighted by Crippen LogP contribution is -2.31. The first kappa shape index (κ1) is 20.6. The topological polar surface area (TPSA) is 68.3 Å². The van der Waals surface area contributed by atoms with E-state index < -0.39 is 30.3 Å². The Morgan fingerprint density at radius 1 is 0.800 bits per heavy atom. The van der Waals surface area contributed by atoms with Crippen LogP contribution in [0.2, 0.25) is 0 Å². The van der Waals surface area contributed by atoms with Crippen LogP contribution in [0.3, 0.4) is 0 Å². The predicted octanol–water partition coefficient (Wildman–Crippen LogP) is 2.19. The van der Waals surface area contributed by atoms with Crippen molar-refractivity contribution >= 4 is 23.1 Å². The lowest BCUT2D eigenvalue weighted by molar-refractivity contribution is -0.182. The van der Waals surface area contributed by atoms with Gasteiger partial charge in [0, 0.05) is 13.3 Å². The van der Waals surface area contributed by atoms with E-state index in [1.165, 1.54) is 6.92 Å². The van der Waals surface area contributed by atoms with E-state index in [4.69, 9.17) is 0 Å². The summed E-state index contributed by atoms with van der Waals surface area (Å²) in [4.78, 5) is 39.9. The van der Waals surface area contributed by atoms with E-state index in [0.29, 0.717) is 6.42 Å². The van der Waals surface area contributed by atoms with Crippen molar-refractivity contribution < 1.29 is 45.5 Å². The highest BCUT2D eigenvalue weighted by molar-refractivity contribution is 6.36. The van der Waals surface area contributed by atoms with Crippen LogP contribution >= 0.6 is 0 Å². The predicted molar refractivity (Wildman–Crippen MR) is 52.7 cm³/mol. The number of Topliss-reactive ketones (excluding diaryl/α,β-unsaturated/α-hetero) is 4. The molecule has 0 aliphatic heterocycles. The monoisotopic (exact) mass is 308 g/mol. The molecule has 0 atom stereocenters. The van der Waals surface area contributed by atoms with Gasteiger partial charge in [0.2, 0.25) is 11.6 Å². The van der Waals surface area contributed by atoms with Crippen molar-refractivity contribution in [2.24, 2.45) is 0 Å². The standard InChI is InChI=1S/C5H2F6O2.C5H8O2/c6-4(7,8)2(12)1-3(13)5(9,10)11;1-3-5(7)4(2)6/h1H2;3H2,1-2H3. The molecule has 0 unspecified atom stereocenters. The third kappa shape index (κ3) is 9.22. The van der Waals surface area contributed by atoms with E-state index >= 15 is 0 Å². The molecular weight excluding hydrogens is 298 g/mol. The maximum Gasteiger partial charge on any atom is 0.450 e. The molecule has 0 rings (SSSR count). The summed E-state index contributed by atoms with van der Waals surface area (Å²) in [6, 6.07) is 0. The van der Waals surface area contributed by atoms with Crippen LogP contribution in [-0.4, -0.2) is 35.5 Å². The number of alkyl halides is 6. The largest absolute Gasteiger partial charge is 0.450 e. The van der Waals surface area contributed by atoms with Gasteiger partial charge in [-0.2, -0.15) is 26.3 Å². The summed E-state index contributed by atoms with van der Waals surface area (Å²) in [7, 11) is 0. The molecule has 0 aliphatic carbocycles. The van der Waals surface area contributed by atoms with E-state index in [1.54, 1.807) is 6.92 Å². The Kier molecular flexibility index (Phi) is 7.98. The van der Waals surface area contributed by atoms with Crippen molar-refractivity contribution in [3.05, 3.63) is 0 Å². The van der Waals surface area contributed by atoms with Crippen molar-refractivity contribution in [3.8, 4) is 0 Å². The fourth-order valence-electron chi connectivity index (χ4n) is 0.595. The molecule has 0 amide bonds. The number of carbonyl (C=O) groups is 4. The summed E-state index contributed by atoms with van der Waals surface area (Å²) in [5.74, 6) is -6.04. The second-order valence-electron chi connectivity index (χ2n) is 3.35. The first-order valence-electron chi connectivity index (χ1n) is 4.97. The van der Waals surface area contributed by atoms with Crippen molar-refractivity contribution in [3.63, 3.8) is 0 Å². The summed E-state index contributed by atoms with van der Waals surface area (Å²) < 4.78 is 68.0. The number of halogens is 6. The van der Waals surface area contributed by atoms with Crippen molar-refractivity contribution in [1.29, 1.82) is 0 Å². The van der Waals surface area contributed by atoms with Crippen LogP contribution in [0.4, 0.5) is 26.3 Å². The van der Waals surface area contributed by atoms with Crippen molar-refractivity contribution in [1.82, 2.24) is 0 Å². The minimum Gasteiger partial charge on any atom is -0.291 e. The molecule has 4 nitrogen and oxygen atoms in total. The Morgan fingerprint density at radius 2 is 1.10 bits per heavy atom. The van der Waals surface area contributed by atoms with E-state index in [-0.39, 0.29) is 11.6 Å². The highest BCUT2D eigenvalue weighted by atomic mass is 19.4. The van der Waals surface area contributed by atoms with Gasteiger partial charge in [0.1, 0.15) is 0 Å². The average molecular weight is 308 g/mol. The van der Waals surface area contributed by atoms with Gasteiger partial charge in [0.05, 0.1) is 6.42 Å². The Balaban J connectivity index is 0. The van der Waals surface area contributed by atoms with E-state index in [2.05, 4.69) is 0 Å². The Bertz CT molecular complexity index is 370. The maximum atomic E-state index is 11.3. The minimum absolute atomic E-state index is 0.292. The van der Waals surface area contributed by atoms with Crippen molar-refractivity contribution in [2.75, 3.05) is 0 Å². The van der Waals surface area contributed by atoms with Gasteiger partial charge in [-0.25, -0.2) is 0 Å². The summed E-state index contributed by atoms with van der Waals surface area (Å²) in [6.07, 6.45) is -12.7. The molecule has 0 aliphatic rings.